The van der Waals surface area contributed by atoms with Crippen molar-refractivity contribution in [3.63, 3.8) is 0 Å². The molecule has 0 saturated heterocycles. The van der Waals surface area contributed by atoms with Gasteiger partial charge in [0.1, 0.15) is 0 Å². The highest BCUT2D eigenvalue weighted by Gasteiger charge is 2.45. The summed E-state index contributed by atoms with van der Waals surface area (Å²) in [6, 6.07) is 61.0. The first-order chi connectivity index (χ1) is 24.1. The van der Waals surface area contributed by atoms with Gasteiger partial charge < -0.3 is 10.6 Å². The Balaban J connectivity index is 0.000000650. The van der Waals surface area contributed by atoms with Crippen LogP contribution in [0.5, 0.6) is 0 Å². The molecule has 0 amide bonds. The van der Waals surface area contributed by atoms with Gasteiger partial charge in [-0.1, -0.05) is 140 Å². The maximum atomic E-state index is 6.19. The maximum Gasteiger partial charge on any atom is 0.0713 e. The van der Waals surface area contributed by atoms with Gasteiger partial charge in [-0.3, -0.25) is 0 Å². The quantitative estimate of drug-likeness (QED) is 0.151. The highest BCUT2D eigenvalue weighted by Crippen LogP contribution is 2.56. The second kappa shape index (κ2) is 14.8. The summed E-state index contributed by atoms with van der Waals surface area (Å²) in [6.07, 6.45) is 3.50. The molecule has 0 spiro atoms. The zero-order chi connectivity index (χ0) is 34.2. The van der Waals surface area contributed by atoms with Gasteiger partial charge >= 0.3 is 0 Å². The van der Waals surface area contributed by atoms with Crippen molar-refractivity contribution < 1.29 is 0 Å². The number of anilines is 4. The van der Waals surface area contributed by atoms with E-state index >= 15 is 0 Å². The van der Waals surface area contributed by atoms with Crippen molar-refractivity contribution in [1.29, 1.82) is 0 Å². The number of nitrogens with zero attached hydrogens (tertiary/aromatic N) is 1. The molecule has 0 radical (unpaired) electrons. The number of hydrogen-bond acceptors (Lipinski definition) is 2. The van der Waals surface area contributed by atoms with Crippen LogP contribution in [0.4, 0.5) is 22.7 Å². The molecule has 0 saturated carbocycles. The van der Waals surface area contributed by atoms with Crippen molar-refractivity contribution in [3.8, 4) is 11.1 Å². The van der Waals surface area contributed by atoms with Gasteiger partial charge in [0.2, 0.25) is 0 Å². The standard InChI is InChI=1S/C41H30N2.2C3H6/c42-32-25-21-30(22-26-32)41(38-18-8-6-16-36(38)37-17-7-9-19-39(37)41)31-23-27-34(28-24-31)43(33-13-2-1-3-14-33)40-20-10-12-29-11-4-5-15-35(29)40;2*1-3-2/h1-28H,42H2;2*3H,1H2,2H3. The molecular formula is C47H42N2. The molecule has 7 aromatic rings. The van der Waals surface area contributed by atoms with Crippen molar-refractivity contribution in [3.05, 3.63) is 217 Å². The van der Waals surface area contributed by atoms with Crippen LogP contribution in [0.3, 0.4) is 0 Å². The fourth-order valence-corrected chi connectivity index (χ4v) is 7.02. The number of para-hydroxylation sites is 1. The van der Waals surface area contributed by atoms with Crippen LogP contribution in [-0.4, -0.2) is 0 Å². The Labute approximate surface area is 291 Å². The second-order valence-electron chi connectivity index (χ2n) is 12.0. The van der Waals surface area contributed by atoms with Crippen LogP contribution in [0.2, 0.25) is 0 Å². The van der Waals surface area contributed by atoms with E-state index in [1.807, 2.05) is 26.0 Å². The largest absolute Gasteiger partial charge is 0.399 e. The minimum atomic E-state index is -0.462. The first-order valence-electron chi connectivity index (χ1n) is 16.7. The highest BCUT2D eigenvalue weighted by atomic mass is 15.1. The number of nitrogens with two attached hydrogens (primary N) is 1. The van der Waals surface area contributed by atoms with E-state index in [4.69, 9.17) is 5.73 Å². The summed E-state index contributed by atoms with van der Waals surface area (Å²) in [5, 5.41) is 2.44. The zero-order valence-corrected chi connectivity index (χ0v) is 28.3. The number of benzene rings is 7. The Morgan fingerprint density at radius 3 is 1.53 bits per heavy atom. The smallest absolute Gasteiger partial charge is 0.0713 e. The maximum absolute atomic E-state index is 6.19. The number of fused-ring (bicyclic) bond motifs is 4. The van der Waals surface area contributed by atoms with Crippen LogP contribution in [-0.2, 0) is 5.41 Å². The molecule has 0 bridgehead atoms. The molecule has 0 fully saturated rings. The average molecular weight is 635 g/mol. The Hall–Kier alpha value is -6.12. The van der Waals surface area contributed by atoms with Crippen LogP contribution in [0, 0.1) is 0 Å². The summed E-state index contributed by atoms with van der Waals surface area (Å²) in [4.78, 5) is 2.36. The predicted molar refractivity (Wildman–Crippen MR) is 212 cm³/mol. The third kappa shape index (κ3) is 6.06. The van der Waals surface area contributed by atoms with Gasteiger partial charge in [-0.2, -0.15) is 0 Å². The first-order valence-corrected chi connectivity index (χ1v) is 16.7. The van der Waals surface area contributed by atoms with Crippen molar-refractivity contribution in [2.45, 2.75) is 19.3 Å². The molecule has 0 unspecified atom stereocenters. The van der Waals surface area contributed by atoms with E-state index in [-0.39, 0.29) is 0 Å². The molecule has 1 aliphatic rings. The van der Waals surface area contributed by atoms with Gasteiger partial charge in [0.05, 0.1) is 11.1 Å². The molecule has 0 aromatic heterocycles. The summed E-state index contributed by atoms with van der Waals surface area (Å²) >= 11 is 0. The molecule has 240 valence electrons. The van der Waals surface area contributed by atoms with Crippen LogP contribution in [0.15, 0.2) is 195 Å². The lowest BCUT2D eigenvalue weighted by atomic mass is 9.67. The summed E-state index contributed by atoms with van der Waals surface area (Å²) in [6.45, 7) is 10.5. The van der Waals surface area contributed by atoms with Gasteiger partial charge in [0.25, 0.3) is 0 Å². The van der Waals surface area contributed by atoms with Crippen LogP contribution < -0.4 is 10.6 Å². The number of allylic oxidation sites excluding steroid dienone is 2. The van der Waals surface area contributed by atoms with Crippen molar-refractivity contribution >= 4 is 33.5 Å². The third-order valence-electron chi connectivity index (χ3n) is 8.88. The Morgan fingerprint density at radius 2 is 0.939 bits per heavy atom. The number of hydrogen-bond donors (Lipinski definition) is 1. The molecular weight excluding hydrogens is 593 g/mol. The third-order valence-corrected chi connectivity index (χ3v) is 8.88. The van der Waals surface area contributed by atoms with E-state index in [9.17, 15) is 0 Å². The molecule has 0 aliphatic heterocycles. The van der Waals surface area contributed by atoms with Crippen molar-refractivity contribution in [2.24, 2.45) is 0 Å². The van der Waals surface area contributed by atoms with Crippen molar-refractivity contribution in [1.82, 2.24) is 0 Å². The van der Waals surface area contributed by atoms with Gasteiger partial charge in [-0.15, -0.1) is 13.2 Å². The van der Waals surface area contributed by atoms with E-state index in [0.29, 0.717) is 0 Å². The van der Waals surface area contributed by atoms with E-state index < -0.39 is 5.41 Å². The van der Waals surface area contributed by atoms with E-state index in [1.54, 1.807) is 12.2 Å². The SMILES string of the molecule is C=CC.C=CC.Nc1ccc(C2(c3ccc(N(c4ccccc4)c4cccc5ccccc45)cc3)c3ccccc3-c3ccccc32)cc1. The summed E-state index contributed by atoms with van der Waals surface area (Å²) in [5.74, 6) is 0. The van der Waals surface area contributed by atoms with Crippen LogP contribution in [0.25, 0.3) is 21.9 Å². The zero-order valence-electron chi connectivity index (χ0n) is 28.3. The molecule has 2 nitrogen and oxygen atoms in total. The van der Waals surface area contributed by atoms with Gasteiger partial charge in [-0.05, 0) is 95.1 Å². The lowest BCUT2D eigenvalue weighted by molar-refractivity contribution is 0.768. The Kier molecular flexibility index (Phi) is 9.88. The minimum absolute atomic E-state index is 0.462. The minimum Gasteiger partial charge on any atom is -0.399 e. The molecule has 2 heteroatoms. The Bertz CT molecular complexity index is 2120. The monoisotopic (exact) mass is 634 g/mol. The molecule has 0 atom stereocenters. The van der Waals surface area contributed by atoms with Gasteiger partial charge in [-0.25, -0.2) is 0 Å². The van der Waals surface area contributed by atoms with Crippen LogP contribution >= 0.6 is 0 Å². The van der Waals surface area contributed by atoms with Crippen LogP contribution in [0.1, 0.15) is 36.1 Å². The van der Waals surface area contributed by atoms with E-state index in [1.165, 1.54) is 44.2 Å². The van der Waals surface area contributed by atoms with Gasteiger partial charge in [0.15, 0.2) is 0 Å². The summed E-state index contributed by atoms with van der Waals surface area (Å²) in [5.41, 5.74) is 17.5. The van der Waals surface area contributed by atoms with Crippen molar-refractivity contribution in [2.75, 3.05) is 10.6 Å². The Morgan fingerprint density at radius 1 is 0.490 bits per heavy atom. The van der Waals surface area contributed by atoms with E-state index in [0.717, 1.165) is 22.7 Å². The average Bonchev–Trinajstić information content (AvgIpc) is 3.45. The van der Waals surface area contributed by atoms with E-state index in [2.05, 4.69) is 176 Å². The molecule has 49 heavy (non-hydrogen) atoms. The molecule has 2 N–H and O–H groups in total. The number of nitrogen functional groups attached to an aromatic ring is 1. The molecule has 1 aliphatic carbocycles. The fraction of sp³-hybridized carbons (Fsp3) is 0.0638. The summed E-state index contributed by atoms with van der Waals surface area (Å²) < 4.78 is 0. The number of rotatable bonds is 5. The summed E-state index contributed by atoms with van der Waals surface area (Å²) in [7, 11) is 0. The first kappa shape index (κ1) is 32.8. The molecule has 0 heterocycles. The topological polar surface area (TPSA) is 29.3 Å². The molecule has 7 aromatic carbocycles. The second-order valence-corrected chi connectivity index (χ2v) is 12.0. The van der Waals surface area contributed by atoms with Gasteiger partial charge in [0, 0.05) is 22.4 Å². The fourth-order valence-electron chi connectivity index (χ4n) is 7.02. The lowest BCUT2D eigenvalue weighted by Crippen LogP contribution is -2.28. The normalized spacial score (nSPS) is 11.9. The molecule has 8 rings (SSSR count). The predicted octanol–water partition coefficient (Wildman–Crippen LogP) is 12.6. The highest BCUT2D eigenvalue weighted by molar-refractivity contribution is 5.99. The lowest BCUT2D eigenvalue weighted by Gasteiger charge is -2.34.